The van der Waals surface area contributed by atoms with E-state index in [2.05, 4.69) is 16.0 Å². The fourth-order valence-corrected chi connectivity index (χ4v) is 3.98. The first-order chi connectivity index (χ1) is 12.7. The molecule has 2 saturated heterocycles. The molecule has 2 aliphatic rings. The van der Waals surface area contributed by atoms with Gasteiger partial charge in [-0.25, -0.2) is 4.79 Å². The molecule has 0 bridgehead atoms. The highest BCUT2D eigenvalue weighted by molar-refractivity contribution is 6.36. The number of anilines is 1. The monoisotopic (exact) mass is 412 g/mol. The van der Waals surface area contributed by atoms with Crippen LogP contribution in [0.4, 0.5) is 10.5 Å². The van der Waals surface area contributed by atoms with Crippen LogP contribution in [0.15, 0.2) is 18.2 Å². The van der Waals surface area contributed by atoms with Crippen molar-refractivity contribution in [3.63, 3.8) is 0 Å². The van der Waals surface area contributed by atoms with Gasteiger partial charge in [0.2, 0.25) is 11.8 Å². The van der Waals surface area contributed by atoms with Gasteiger partial charge >= 0.3 is 6.03 Å². The van der Waals surface area contributed by atoms with Crippen LogP contribution >= 0.6 is 23.2 Å². The van der Waals surface area contributed by atoms with Crippen molar-refractivity contribution in [1.29, 1.82) is 0 Å². The molecule has 7 nitrogen and oxygen atoms in total. The molecule has 3 N–H and O–H groups in total. The van der Waals surface area contributed by atoms with Gasteiger partial charge in [0.05, 0.1) is 16.8 Å². The molecule has 27 heavy (non-hydrogen) atoms. The van der Waals surface area contributed by atoms with Crippen LogP contribution in [0, 0.1) is 5.92 Å². The molecule has 0 unspecified atom stereocenters. The zero-order chi connectivity index (χ0) is 19.7. The maximum Gasteiger partial charge on any atom is 0.319 e. The molecule has 0 radical (unpaired) electrons. The Balaban J connectivity index is 1.61. The Bertz CT molecular complexity index is 771. The minimum atomic E-state index is -0.537. The Morgan fingerprint density at radius 3 is 2.74 bits per heavy atom. The van der Waals surface area contributed by atoms with Crippen LogP contribution in [0.1, 0.15) is 26.7 Å². The molecule has 2 aliphatic heterocycles. The predicted molar refractivity (Wildman–Crippen MR) is 104 cm³/mol. The summed E-state index contributed by atoms with van der Waals surface area (Å²) in [5, 5.41) is 9.07. The van der Waals surface area contributed by atoms with Gasteiger partial charge in [-0.3, -0.25) is 9.59 Å². The molecule has 1 aromatic rings. The zero-order valence-electron chi connectivity index (χ0n) is 15.1. The Labute approximate surface area is 167 Å². The molecule has 3 rings (SSSR count). The molecule has 9 heteroatoms. The van der Waals surface area contributed by atoms with Crippen LogP contribution in [-0.2, 0) is 9.59 Å². The molecular formula is C18H22Cl2N4O3. The van der Waals surface area contributed by atoms with Crippen LogP contribution in [0.25, 0.3) is 0 Å². The van der Waals surface area contributed by atoms with Crippen molar-refractivity contribution in [2.75, 3.05) is 11.9 Å². The SMILES string of the molecule is CC(C)C[C@@H]1NC(=O)[C@@H]2C[C@H](NC(=O)Nc3ccc(Cl)cc3Cl)CN2C1=O. The lowest BCUT2D eigenvalue weighted by Gasteiger charge is -2.35. The zero-order valence-corrected chi connectivity index (χ0v) is 16.6. The van der Waals surface area contributed by atoms with Crippen molar-refractivity contribution in [1.82, 2.24) is 15.5 Å². The third-order valence-corrected chi connectivity index (χ3v) is 5.27. The van der Waals surface area contributed by atoms with E-state index >= 15 is 0 Å². The van der Waals surface area contributed by atoms with Gasteiger partial charge in [0.25, 0.3) is 0 Å². The van der Waals surface area contributed by atoms with E-state index in [0.29, 0.717) is 41.0 Å². The van der Waals surface area contributed by atoms with Crippen molar-refractivity contribution >= 4 is 46.7 Å². The number of rotatable bonds is 4. The van der Waals surface area contributed by atoms with Crippen LogP contribution in [0.5, 0.6) is 0 Å². The van der Waals surface area contributed by atoms with E-state index in [9.17, 15) is 14.4 Å². The second-order valence-corrected chi connectivity index (χ2v) is 8.20. The molecule has 0 spiro atoms. The van der Waals surface area contributed by atoms with Crippen LogP contribution in [0.2, 0.25) is 10.0 Å². The lowest BCUT2D eigenvalue weighted by atomic mass is 9.99. The summed E-state index contributed by atoms with van der Waals surface area (Å²) in [5.74, 6) is 0.0479. The minimum absolute atomic E-state index is 0.0845. The molecule has 0 aromatic heterocycles. The van der Waals surface area contributed by atoms with E-state index in [4.69, 9.17) is 23.2 Å². The summed E-state index contributed by atoms with van der Waals surface area (Å²) in [5.41, 5.74) is 0.431. The van der Waals surface area contributed by atoms with Gasteiger partial charge in [-0.05, 0) is 37.0 Å². The highest BCUT2D eigenvalue weighted by atomic mass is 35.5. The van der Waals surface area contributed by atoms with Gasteiger partial charge < -0.3 is 20.9 Å². The van der Waals surface area contributed by atoms with Crippen molar-refractivity contribution in [3.8, 4) is 0 Å². The largest absolute Gasteiger partial charge is 0.342 e. The van der Waals surface area contributed by atoms with Crippen LogP contribution in [-0.4, -0.2) is 47.4 Å². The van der Waals surface area contributed by atoms with Crippen molar-refractivity contribution in [3.05, 3.63) is 28.2 Å². The van der Waals surface area contributed by atoms with Crippen molar-refractivity contribution < 1.29 is 14.4 Å². The number of nitrogens with zero attached hydrogens (tertiary/aromatic N) is 1. The minimum Gasteiger partial charge on any atom is -0.342 e. The van der Waals surface area contributed by atoms with Gasteiger partial charge in [0.1, 0.15) is 12.1 Å². The molecule has 1 aromatic carbocycles. The van der Waals surface area contributed by atoms with Crippen molar-refractivity contribution in [2.24, 2.45) is 5.92 Å². The number of piperazine rings is 1. The number of carbonyl (C=O) groups is 3. The van der Waals surface area contributed by atoms with Crippen LogP contribution in [0.3, 0.4) is 0 Å². The lowest BCUT2D eigenvalue weighted by molar-refractivity contribution is -0.147. The average molecular weight is 413 g/mol. The fourth-order valence-electron chi connectivity index (χ4n) is 3.53. The molecule has 4 amide bonds. The summed E-state index contributed by atoms with van der Waals surface area (Å²) in [6.45, 7) is 4.32. The quantitative estimate of drug-likeness (QED) is 0.709. The normalized spacial score (nSPS) is 24.6. The fraction of sp³-hybridized carbons (Fsp3) is 0.500. The average Bonchev–Trinajstić information content (AvgIpc) is 2.99. The number of benzene rings is 1. The van der Waals surface area contributed by atoms with E-state index < -0.39 is 18.1 Å². The summed E-state index contributed by atoms with van der Waals surface area (Å²) in [7, 11) is 0. The second kappa shape index (κ2) is 7.94. The Kier molecular flexibility index (Phi) is 5.81. The summed E-state index contributed by atoms with van der Waals surface area (Å²) in [4.78, 5) is 38.8. The lowest BCUT2D eigenvalue weighted by Crippen LogP contribution is -2.61. The number of urea groups is 1. The van der Waals surface area contributed by atoms with E-state index in [1.165, 1.54) is 6.07 Å². The first kappa shape index (κ1) is 19.8. The first-order valence-electron chi connectivity index (χ1n) is 8.88. The number of nitrogens with one attached hydrogen (secondary N) is 3. The Morgan fingerprint density at radius 2 is 2.07 bits per heavy atom. The number of fused-ring (bicyclic) bond motifs is 1. The van der Waals surface area contributed by atoms with Gasteiger partial charge in [0.15, 0.2) is 0 Å². The number of amides is 4. The number of hydrogen-bond donors (Lipinski definition) is 3. The topological polar surface area (TPSA) is 90.5 Å². The molecule has 3 atom stereocenters. The first-order valence-corrected chi connectivity index (χ1v) is 9.63. The maximum absolute atomic E-state index is 12.6. The Hall–Kier alpha value is -1.99. The van der Waals surface area contributed by atoms with E-state index in [1.807, 2.05) is 13.8 Å². The standard InChI is InChI=1S/C18H22Cl2N4O3/c1-9(2)5-14-17(26)24-8-11(7-15(24)16(25)22-14)21-18(27)23-13-4-3-10(19)6-12(13)20/h3-4,6,9,11,14-15H,5,7-8H2,1-2H3,(H,22,25)(H2,21,23,27)/t11-,14-,15-/m0/s1. The number of hydrogen-bond acceptors (Lipinski definition) is 3. The Morgan fingerprint density at radius 1 is 1.33 bits per heavy atom. The van der Waals surface area contributed by atoms with Crippen LogP contribution < -0.4 is 16.0 Å². The van der Waals surface area contributed by atoms with E-state index in [0.717, 1.165) is 0 Å². The maximum atomic E-state index is 12.6. The van der Waals surface area contributed by atoms with Crippen molar-refractivity contribution in [2.45, 2.75) is 44.8 Å². The third kappa shape index (κ3) is 4.47. The third-order valence-electron chi connectivity index (χ3n) is 4.72. The summed E-state index contributed by atoms with van der Waals surface area (Å²) < 4.78 is 0. The summed E-state index contributed by atoms with van der Waals surface area (Å²) >= 11 is 11.9. The van der Waals surface area contributed by atoms with Gasteiger partial charge in [-0.1, -0.05) is 37.0 Å². The highest BCUT2D eigenvalue weighted by Crippen LogP contribution is 2.27. The smallest absolute Gasteiger partial charge is 0.319 e. The van der Waals surface area contributed by atoms with E-state index in [-0.39, 0.29) is 17.9 Å². The van der Waals surface area contributed by atoms with Gasteiger partial charge in [0, 0.05) is 11.6 Å². The molecule has 2 fully saturated rings. The predicted octanol–water partition coefficient (Wildman–Crippen LogP) is 2.63. The molecule has 2 heterocycles. The molecule has 0 aliphatic carbocycles. The van der Waals surface area contributed by atoms with Gasteiger partial charge in [-0.2, -0.15) is 0 Å². The summed E-state index contributed by atoms with van der Waals surface area (Å²) in [6, 6.07) is 2.97. The summed E-state index contributed by atoms with van der Waals surface area (Å²) in [6.07, 6.45) is 0.981. The molecule has 146 valence electrons. The highest BCUT2D eigenvalue weighted by Gasteiger charge is 2.46. The number of halogens is 2. The molecule has 0 saturated carbocycles. The number of carbonyl (C=O) groups excluding carboxylic acids is 3. The van der Waals surface area contributed by atoms with E-state index in [1.54, 1.807) is 17.0 Å². The second-order valence-electron chi connectivity index (χ2n) is 7.35. The molecular weight excluding hydrogens is 391 g/mol. The van der Waals surface area contributed by atoms with Gasteiger partial charge in [-0.15, -0.1) is 0 Å².